The summed E-state index contributed by atoms with van der Waals surface area (Å²) < 4.78 is 10.4. The first-order valence-corrected chi connectivity index (χ1v) is 7.94. The summed E-state index contributed by atoms with van der Waals surface area (Å²) in [5.74, 6) is 0.559. The first-order chi connectivity index (χ1) is 12.1. The molecule has 1 aliphatic rings. The zero-order chi connectivity index (χ0) is 17.8. The highest BCUT2D eigenvalue weighted by molar-refractivity contribution is 5.93. The number of anilines is 1. The maximum Gasteiger partial charge on any atom is 0.338 e. The van der Waals surface area contributed by atoms with Crippen molar-refractivity contribution in [1.29, 1.82) is 0 Å². The number of methoxy groups -OCH3 is 1. The lowest BCUT2D eigenvalue weighted by molar-refractivity contribution is 0.0600. The van der Waals surface area contributed by atoms with Crippen LogP contribution < -0.4 is 15.4 Å². The summed E-state index contributed by atoms with van der Waals surface area (Å²) in [6.45, 7) is 1.96. The molecule has 0 unspecified atom stereocenters. The van der Waals surface area contributed by atoms with Gasteiger partial charge in [-0.1, -0.05) is 18.2 Å². The molecule has 0 radical (unpaired) electrons. The van der Waals surface area contributed by atoms with Gasteiger partial charge in [-0.25, -0.2) is 14.6 Å². The molecule has 1 aromatic heterocycles. The molecule has 130 valence electrons. The van der Waals surface area contributed by atoms with Crippen molar-refractivity contribution in [1.82, 2.24) is 10.3 Å². The Morgan fingerprint density at radius 3 is 2.88 bits per heavy atom. The Labute approximate surface area is 145 Å². The molecule has 2 amide bonds. The number of carbonyl (C=O) groups is 2. The predicted octanol–water partition coefficient (Wildman–Crippen LogP) is 2.90. The average molecular weight is 341 g/mol. The summed E-state index contributed by atoms with van der Waals surface area (Å²) in [6, 6.07) is 10.0. The molecular weight excluding hydrogens is 322 g/mol. The lowest BCUT2D eigenvalue weighted by Gasteiger charge is -2.30. The van der Waals surface area contributed by atoms with Gasteiger partial charge in [0, 0.05) is 18.2 Å². The van der Waals surface area contributed by atoms with Gasteiger partial charge in [-0.3, -0.25) is 5.32 Å². The number of aromatic nitrogens is 1. The van der Waals surface area contributed by atoms with Crippen molar-refractivity contribution in [2.24, 2.45) is 0 Å². The molecular formula is C18H19N3O4. The molecule has 1 aromatic carbocycles. The number of pyridine rings is 1. The number of nitrogens with zero attached hydrogens (tertiary/aromatic N) is 1. The molecule has 2 heterocycles. The third kappa shape index (κ3) is 3.88. The summed E-state index contributed by atoms with van der Waals surface area (Å²) >= 11 is 0. The Kier molecular flexibility index (Phi) is 4.83. The Morgan fingerprint density at radius 1 is 1.28 bits per heavy atom. The number of rotatable bonds is 3. The number of fused-ring (bicyclic) bond motifs is 1. The first kappa shape index (κ1) is 16.8. The highest BCUT2D eigenvalue weighted by Gasteiger charge is 2.26. The summed E-state index contributed by atoms with van der Waals surface area (Å²) in [6.07, 6.45) is 2.11. The van der Waals surface area contributed by atoms with E-state index < -0.39 is 12.0 Å². The molecule has 7 heteroatoms. The molecule has 0 spiro atoms. The fourth-order valence-electron chi connectivity index (χ4n) is 2.79. The maximum atomic E-state index is 12.3. The third-order valence-corrected chi connectivity index (χ3v) is 3.92. The fourth-order valence-corrected chi connectivity index (χ4v) is 2.79. The second-order valence-electron chi connectivity index (χ2n) is 5.77. The lowest BCUT2D eigenvalue weighted by atomic mass is 9.97. The Balaban J connectivity index is 1.70. The van der Waals surface area contributed by atoms with E-state index in [0.717, 1.165) is 11.3 Å². The molecule has 0 aliphatic carbocycles. The molecule has 0 saturated heterocycles. The molecule has 0 bridgehead atoms. The quantitative estimate of drug-likeness (QED) is 0.838. The summed E-state index contributed by atoms with van der Waals surface area (Å²) in [5.41, 5.74) is 1.25. The van der Waals surface area contributed by atoms with E-state index in [1.807, 2.05) is 31.2 Å². The van der Waals surface area contributed by atoms with Gasteiger partial charge in [-0.05, 0) is 25.1 Å². The smallest absolute Gasteiger partial charge is 0.338 e. The topological polar surface area (TPSA) is 89.5 Å². The molecule has 2 atom stereocenters. The molecule has 0 fully saturated rings. The maximum absolute atomic E-state index is 12.3. The number of benzene rings is 1. The van der Waals surface area contributed by atoms with Crippen molar-refractivity contribution in [3.05, 3.63) is 53.7 Å². The van der Waals surface area contributed by atoms with Crippen molar-refractivity contribution in [3.8, 4) is 5.75 Å². The Morgan fingerprint density at radius 2 is 2.08 bits per heavy atom. The van der Waals surface area contributed by atoms with Crippen LogP contribution in [-0.2, 0) is 4.74 Å². The Bertz CT molecular complexity index is 793. The SMILES string of the molecule is COC(=O)c1ccnc(NC(=O)N[C@@H]2C[C@@H](C)Oc3ccccc32)c1. The summed E-state index contributed by atoms with van der Waals surface area (Å²) in [4.78, 5) is 27.9. The molecule has 2 aromatic rings. The van der Waals surface area contributed by atoms with Crippen LogP contribution in [0.5, 0.6) is 5.75 Å². The van der Waals surface area contributed by atoms with Gasteiger partial charge >= 0.3 is 12.0 Å². The predicted molar refractivity (Wildman–Crippen MR) is 91.6 cm³/mol. The highest BCUT2D eigenvalue weighted by Crippen LogP contribution is 2.34. The minimum Gasteiger partial charge on any atom is -0.490 e. The van der Waals surface area contributed by atoms with E-state index in [0.29, 0.717) is 12.0 Å². The van der Waals surface area contributed by atoms with Crippen LogP contribution >= 0.6 is 0 Å². The number of ether oxygens (including phenoxy) is 2. The van der Waals surface area contributed by atoms with E-state index in [1.54, 1.807) is 0 Å². The van der Waals surface area contributed by atoms with E-state index in [4.69, 9.17) is 4.74 Å². The highest BCUT2D eigenvalue weighted by atomic mass is 16.5. The van der Waals surface area contributed by atoms with Crippen LogP contribution in [-0.4, -0.2) is 30.2 Å². The van der Waals surface area contributed by atoms with E-state index in [-0.39, 0.29) is 18.0 Å². The Hall–Kier alpha value is -3.09. The van der Waals surface area contributed by atoms with Crippen molar-refractivity contribution < 1.29 is 19.1 Å². The van der Waals surface area contributed by atoms with Gasteiger partial charge in [0.05, 0.1) is 24.8 Å². The number of hydrogen-bond donors (Lipinski definition) is 2. The van der Waals surface area contributed by atoms with Gasteiger partial charge in [0.2, 0.25) is 0 Å². The van der Waals surface area contributed by atoms with Crippen LogP contribution in [0.1, 0.15) is 35.3 Å². The van der Waals surface area contributed by atoms with E-state index in [2.05, 4.69) is 20.4 Å². The minimum absolute atomic E-state index is 0.000905. The number of esters is 1. The van der Waals surface area contributed by atoms with Crippen molar-refractivity contribution in [2.45, 2.75) is 25.5 Å². The first-order valence-electron chi connectivity index (χ1n) is 7.94. The molecule has 7 nitrogen and oxygen atoms in total. The number of amides is 2. The minimum atomic E-state index is -0.488. The van der Waals surface area contributed by atoms with Gasteiger partial charge in [0.15, 0.2) is 0 Å². The van der Waals surface area contributed by atoms with Gasteiger partial charge in [-0.2, -0.15) is 0 Å². The van der Waals surface area contributed by atoms with Gasteiger partial charge < -0.3 is 14.8 Å². The summed E-state index contributed by atoms with van der Waals surface area (Å²) in [5, 5.41) is 5.57. The average Bonchev–Trinajstić information content (AvgIpc) is 2.61. The second kappa shape index (κ2) is 7.21. The largest absolute Gasteiger partial charge is 0.490 e. The van der Waals surface area contributed by atoms with Crippen molar-refractivity contribution >= 4 is 17.8 Å². The number of carbonyl (C=O) groups excluding carboxylic acids is 2. The summed E-state index contributed by atoms with van der Waals surface area (Å²) in [7, 11) is 1.30. The van der Waals surface area contributed by atoms with E-state index in [9.17, 15) is 9.59 Å². The third-order valence-electron chi connectivity index (χ3n) is 3.92. The van der Waals surface area contributed by atoms with Crippen LogP contribution in [0.3, 0.4) is 0 Å². The van der Waals surface area contributed by atoms with E-state index in [1.165, 1.54) is 25.4 Å². The normalized spacial score (nSPS) is 18.5. The van der Waals surface area contributed by atoms with Crippen LogP contribution in [0, 0.1) is 0 Å². The molecule has 25 heavy (non-hydrogen) atoms. The second-order valence-corrected chi connectivity index (χ2v) is 5.77. The number of para-hydroxylation sites is 1. The monoisotopic (exact) mass is 341 g/mol. The molecule has 1 aliphatic heterocycles. The zero-order valence-corrected chi connectivity index (χ0v) is 14.0. The zero-order valence-electron chi connectivity index (χ0n) is 14.0. The van der Waals surface area contributed by atoms with E-state index >= 15 is 0 Å². The van der Waals surface area contributed by atoms with Crippen molar-refractivity contribution in [3.63, 3.8) is 0 Å². The van der Waals surface area contributed by atoms with Gasteiger partial charge in [-0.15, -0.1) is 0 Å². The number of hydrogen-bond acceptors (Lipinski definition) is 5. The van der Waals surface area contributed by atoms with Crippen LogP contribution in [0.25, 0.3) is 0 Å². The molecule has 2 N–H and O–H groups in total. The van der Waals surface area contributed by atoms with Crippen LogP contribution in [0.4, 0.5) is 10.6 Å². The number of urea groups is 1. The fraction of sp³-hybridized carbons (Fsp3) is 0.278. The van der Waals surface area contributed by atoms with Crippen LogP contribution in [0.2, 0.25) is 0 Å². The van der Waals surface area contributed by atoms with Crippen LogP contribution in [0.15, 0.2) is 42.6 Å². The van der Waals surface area contributed by atoms with Gasteiger partial charge in [0.25, 0.3) is 0 Å². The number of nitrogens with one attached hydrogen (secondary N) is 2. The lowest BCUT2D eigenvalue weighted by Crippen LogP contribution is -2.37. The molecule has 0 saturated carbocycles. The van der Waals surface area contributed by atoms with Gasteiger partial charge in [0.1, 0.15) is 11.6 Å². The molecule has 3 rings (SSSR count). The standard InChI is InChI=1S/C18H19N3O4/c1-11-9-14(13-5-3-4-6-15(13)25-11)20-18(23)21-16-10-12(7-8-19-16)17(22)24-2/h3-8,10-11,14H,9H2,1-2H3,(H2,19,20,21,23)/t11-,14-/m1/s1. The van der Waals surface area contributed by atoms with Crippen molar-refractivity contribution in [2.75, 3.05) is 12.4 Å².